The van der Waals surface area contributed by atoms with E-state index < -0.39 is 0 Å². The number of aryl methyl sites for hydroxylation is 1. The number of rotatable bonds is 1. The van der Waals surface area contributed by atoms with E-state index in [9.17, 15) is 0 Å². The van der Waals surface area contributed by atoms with Gasteiger partial charge in [0.25, 0.3) is 0 Å². The SMILES string of the molecule is C=C(N)c1cc2nc3c(cc2[nH]1)CC(C(C)(C)C)CC3. The summed E-state index contributed by atoms with van der Waals surface area (Å²) in [6.45, 7) is 10.8. The maximum atomic E-state index is 5.76. The normalized spacial score (nSPS) is 19.1. The number of nitrogens with two attached hydrogens (primary N) is 1. The van der Waals surface area contributed by atoms with E-state index in [1.54, 1.807) is 0 Å². The average molecular weight is 269 g/mol. The summed E-state index contributed by atoms with van der Waals surface area (Å²) in [5, 5.41) is 0. The number of nitrogens with one attached hydrogen (secondary N) is 1. The fraction of sp³-hybridized carbons (Fsp3) is 0.471. The van der Waals surface area contributed by atoms with Crippen molar-refractivity contribution in [3.63, 3.8) is 0 Å². The van der Waals surface area contributed by atoms with Crippen molar-refractivity contribution < 1.29 is 0 Å². The number of nitrogens with zero attached hydrogens (tertiary/aromatic N) is 1. The summed E-state index contributed by atoms with van der Waals surface area (Å²) in [5.41, 5.74) is 12.3. The molecular weight excluding hydrogens is 246 g/mol. The molecular formula is C17H23N3. The largest absolute Gasteiger partial charge is 0.398 e. The fourth-order valence-electron chi connectivity index (χ4n) is 3.12. The number of aromatic amines is 1. The molecule has 0 saturated heterocycles. The number of hydrogen-bond donors (Lipinski definition) is 2. The Balaban J connectivity index is 2.02. The van der Waals surface area contributed by atoms with Crippen LogP contribution >= 0.6 is 0 Å². The smallest absolute Gasteiger partial charge is 0.0889 e. The number of fused-ring (bicyclic) bond motifs is 2. The monoisotopic (exact) mass is 269 g/mol. The molecule has 1 atom stereocenters. The predicted molar refractivity (Wildman–Crippen MR) is 84.3 cm³/mol. The van der Waals surface area contributed by atoms with Crippen molar-refractivity contribution in [2.75, 3.05) is 0 Å². The molecule has 3 heteroatoms. The van der Waals surface area contributed by atoms with E-state index in [1.807, 2.05) is 6.07 Å². The maximum absolute atomic E-state index is 5.76. The lowest BCUT2D eigenvalue weighted by Gasteiger charge is -2.34. The van der Waals surface area contributed by atoms with Crippen LogP contribution in [0.2, 0.25) is 0 Å². The zero-order chi connectivity index (χ0) is 14.5. The van der Waals surface area contributed by atoms with Crippen molar-refractivity contribution >= 4 is 16.7 Å². The Labute approximate surface area is 120 Å². The quantitative estimate of drug-likeness (QED) is 0.830. The molecule has 0 fully saturated rings. The van der Waals surface area contributed by atoms with Crippen LogP contribution in [0.5, 0.6) is 0 Å². The topological polar surface area (TPSA) is 54.7 Å². The van der Waals surface area contributed by atoms with Crippen LogP contribution in [0.15, 0.2) is 18.7 Å². The second-order valence-electron chi connectivity index (χ2n) is 7.04. The molecule has 0 radical (unpaired) electrons. The molecule has 2 aromatic rings. The molecule has 0 aliphatic heterocycles. The van der Waals surface area contributed by atoms with Crippen molar-refractivity contribution in [1.82, 2.24) is 9.97 Å². The molecule has 3 nitrogen and oxygen atoms in total. The number of aromatic nitrogens is 2. The van der Waals surface area contributed by atoms with Crippen LogP contribution in [0.4, 0.5) is 0 Å². The van der Waals surface area contributed by atoms with Gasteiger partial charge in [0.15, 0.2) is 0 Å². The van der Waals surface area contributed by atoms with E-state index in [-0.39, 0.29) is 0 Å². The van der Waals surface area contributed by atoms with Gasteiger partial charge in [-0.15, -0.1) is 0 Å². The van der Waals surface area contributed by atoms with Gasteiger partial charge >= 0.3 is 0 Å². The molecule has 1 aliphatic carbocycles. The minimum Gasteiger partial charge on any atom is -0.398 e. The van der Waals surface area contributed by atoms with Crippen LogP contribution in [0.25, 0.3) is 16.7 Å². The van der Waals surface area contributed by atoms with E-state index in [0.29, 0.717) is 11.1 Å². The Hall–Kier alpha value is -1.77. The van der Waals surface area contributed by atoms with Gasteiger partial charge in [-0.2, -0.15) is 0 Å². The van der Waals surface area contributed by atoms with E-state index in [0.717, 1.165) is 35.5 Å². The minimum atomic E-state index is 0.360. The third kappa shape index (κ3) is 2.21. The summed E-state index contributed by atoms with van der Waals surface area (Å²) in [5.74, 6) is 0.730. The third-order valence-corrected chi connectivity index (χ3v) is 4.54. The highest BCUT2D eigenvalue weighted by atomic mass is 14.8. The first kappa shape index (κ1) is 13.2. The second-order valence-corrected chi connectivity index (χ2v) is 7.04. The second kappa shape index (κ2) is 4.37. The van der Waals surface area contributed by atoms with Crippen LogP contribution in [-0.4, -0.2) is 9.97 Å². The summed E-state index contributed by atoms with van der Waals surface area (Å²) in [7, 11) is 0. The van der Waals surface area contributed by atoms with Gasteiger partial charge in [0.1, 0.15) is 0 Å². The maximum Gasteiger partial charge on any atom is 0.0889 e. The van der Waals surface area contributed by atoms with Gasteiger partial charge in [0.05, 0.1) is 16.7 Å². The van der Waals surface area contributed by atoms with Crippen molar-refractivity contribution in [2.45, 2.75) is 40.0 Å². The molecule has 2 heterocycles. The zero-order valence-corrected chi connectivity index (χ0v) is 12.6. The zero-order valence-electron chi connectivity index (χ0n) is 12.6. The lowest BCUT2D eigenvalue weighted by molar-refractivity contribution is 0.215. The highest BCUT2D eigenvalue weighted by Gasteiger charge is 2.29. The molecule has 2 aromatic heterocycles. The first-order valence-corrected chi connectivity index (χ1v) is 7.31. The molecule has 0 bridgehead atoms. The van der Waals surface area contributed by atoms with Crippen molar-refractivity contribution in [2.24, 2.45) is 17.1 Å². The molecule has 0 saturated carbocycles. The highest BCUT2D eigenvalue weighted by molar-refractivity contribution is 5.81. The van der Waals surface area contributed by atoms with Gasteiger partial charge in [-0.25, -0.2) is 0 Å². The summed E-state index contributed by atoms with van der Waals surface area (Å²) in [4.78, 5) is 8.12. The molecule has 3 N–H and O–H groups in total. The Kier molecular flexibility index (Phi) is 2.89. The van der Waals surface area contributed by atoms with E-state index in [4.69, 9.17) is 10.7 Å². The van der Waals surface area contributed by atoms with Crippen LogP contribution < -0.4 is 5.73 Å². The summed E-state index contributed by atoms with van der Waals surface area (Å²) < 4.78 is 0. The first-order chi connectivity index (χ1) is 9.34. The lowest BCUT2D eigenvalue weighted by atomic mass is 9.71. The Morgan fingerprint density at radius 2 is 2.15 bits per heavy atom. The van der Waals surface area contributed by atoms with Crippen molar-refractivity contribution in [3.8, 4) is 0 Å². The molecule has 0 spiro atoms. The standard InChI is InChI=1S/C17H23N3/c1-10(18)14-9-16-15(20-14)8-11-7-12(17(2,3)4)5-6-13(11)19-16/h8-9,12,20H,1,5-7,18H2,2-4H3. The fourth-order valence-corrected chi connectivity index (χ4v) is 3.12. The lowest BCUT2D eigenvalue weighted by Crippen LogP contribution is -2.27. The molecule has 3 rings (SSSR count). The van der Waals surface area contributed by atoms with Gasteiger partial charge in [-0.05, 0) is 48.3 Å². The summed E-state index contributed by atoms with van der Waals surface area (Å²) in [6, 6.07) is 4.25. The molecule has 106 valence electrons. The summed E-state index contributed by atoms with van der Waals surface area (Å²) in [6.07, 6.45) is 3.44. The van der Waals surface area contributed by atoms with Crippen LogP contribution in [0.3, 0.4) is 0 Å². The van der Waals surface area contributed by atoms with Gasteiger partial charge in [-0.1, -0.05) is 27.4 Å². The van der Waals surface area contributed by atoms with Crippen LogP contribution in [-0.2, 0) is 12.8 Å². The number of hydrogen-bond acceptors (Lipinski definition) is 2. The highest BCUT2D eigenvalue weighted by Crippen LogP contribution is 2.37. The van der Waals surface area contributed by atoms with E-state index in [1.165, 1.54) is 17.7 Å². The predicted octanol–water partition coefficient (Wildman–Crippen LogP) is 3.64. The van der Waals surface area contributed by atoms with Crippen molar-refractivity contribution in [1.29, 1.82) is 0 Å². The van der Waals surface area contributed by atoms with Gasteiger partial charge < -0.3 is 10.7 Å². The Morgan fingerprint density at radius 1 is 1.40 bits per heavy atom. The van der Waals surface area contributed by atoms with Crippen molar-refractivity contribution in [3.05, 3.63) is 35.7 Å². The molecule has 0 amide bonds. The first-order valence-electron chi connectivity index (χ1n) is 7.31. The van der Waals surface area contributed by atoms with Crippen LogP contribution in [0.1, 0.15) is 44.1 Å². The molecule has 1 aliphatic rings. The number of pyridine rings is 1. The number of H-pyrrole nitrogens is 1. The molecule has 1 unspecified atom stereocenters. The Bertz CT molecular complexity index is 673. The van der Waals surface area contributed by atoms with Crippen LogP contribution in [0, 0.1) is 11.3 Å². The third-order valence-electron chi connectivity index (χ3n) is 4.54. The molecule has 0 aromatic carbocycles. The Morgan fingerprint density at radius 3 is 2.80 bits per heavy atom. The van der Waals surface area contributed by atoms with E-state index >= 15 is 0 Å². The average Bonchev–Trinajstić information content (AvgIpc) is 2.77. The van der Waals surface area contributed by atoms with Gasteiger partial charge in [0.2, 0.25) is 0 Å². The van der Waals surface area contributed by atoms with E-state index in [2.05, 4.69) is 38.4 Å². The summed E-state index contributed by atoms with van der Waals surface area (Å²) >= 11 is 0. The molecule has 20 heavy (non-hydrogen) atoms. The van der Waals surface area contributed by atoms with Gasteiger partial charge in [-0.3, -0.25) is 4.98 Å². The minimum absolute atomic E-state index is 0.360. The van der Waals surface area contributed by atoms with Gasteiger partial charge in [0, 0.05) is 11.4 Å².